The van der Waals surface area contributed by atoms with Gasteiger partial charge in [-0.3, -0.25) is 10.5 Å². The summed E-state index contributed by atoms with van der Waals surface area (Å²) in [4.78, 5) is 13.1. The van der Waals surface area contributed by atoms with Crippen molar-refractivity contribution in [2.45, 2.75) is 20.1 Å². The maximum absolute atomic E-state index is 11.3. The van der Waals surface area contributed by atoms with Gasteiger partial charge in [-0.25, -0.2) is 0 Å². The fourth-order valence-electron chi connectivity index (χ4n) is 1.09. The van der Waals surface area contributed by atoms with Gasteiger partial charge in [0, 0.05) is 18.8 Å². The van der Waals surface area contributed by atoms with E-state index in [4.69, 9.17) is 5.73 Å². The summed E-state index contributed by atoms with van der Waals surface area (Å²) in [6.45, 7) is 3.96. The highest BCUT2D eigenvalue weighted by Crippen LogP contribution is 2.13. The van der Waals surface area contributed by atoms with Gasteiger partial charge in [-0.15, -0.1) is 0 Å². The normalized spacial score (nSPS) is 24.1. The lowest BCUT2D eigenvalue weighted by Gasteiger charge is -2.30. The number of rotatable bonds is 1. The number of nitrogens with two attached hydrogens (primary N) is 1. The van der Waals surface area contributed by atoms with E-state index >= 15 is 0 Å². The molecule has 3 N–H and O–H groups in total. The first kappa shape index (κ1) is 9.06. The molecule has 1 amide bonds. The number of hydrogen-bond acceptors (Lipinski definition) is 3. The van der Waals surface area contributed by atoms with E-state index in [2.05, 4.69) is 5.32 Å². The van der Waals surface area contributed by atoms with Crippen LogP contribution in [0.3, 0.4) is 0 Å². The van der Waals surface area contributed by atoms with Gasteiger partial charge in [0.25, 0.3) is 5.91 Å². The largest absolute Gasteiger partial charge is 0.348 e. The fourth-order valence-corrected chi connectivity index (χ4v) is 1.09. The predicted molar refractivity (Wildman–Crippen MR) is 46.8 cm³/mol. The van der Waals surface area contributed by atoms with Crippen molar-refractivity contribution in [1.29, 1.82) is 0 Å². The van der Waals surface area contributed by atoms with Crippen LogP contribution in [0.25, 0.3) is 0 Å². The summed E-state index contributed by atoms with van der Waals surface area (Å²) in [5, 5.41) is 2.66. The minimum Gasteiger partial charge on any atom is -0.348 e. The number of nitrogens with one attached hydrogen (secondary N) is 1. The van der Waals surface area contributed by atoms with Crippen molar-refractivity contribution in [3.05, 3.63) is 11.8 Å². The Morgan fingerprint density at radius 1 is 1.67 bits per heavy atom. The van der Waals surface area contributed by atoms with E-state index < -0.39 is 0 Å². The maximum Gasteiger partial charge on any atom is 0.251 e. The van der Waals surface area contributed by atoms with Crippen LogP contribution in [0.4, 0.5) is 0 Å². The van der Waals surface area contributed by atoms with Gasteiger partial charge in [-0.2, -0.15) is 0 Å². The Hall–Kier alpha value is -1.03. The maximum atomic E-state index is 11.3. The first-order valence-electron chi connectivity index (χ1n) is 4.02. The minimum atomic E-state index is -0.389. The molecule has 0 aromatic rings. The van der Waals surface area contributed by atoms with Gasteiger partial charge in [0.05, 0.1) is 0 Å². The highest BCUT2D eigenvalue weighted by atomic mass is 16.2. The first-order valence-corrected chi connectivity index (χ1v) is 4.02. The molecule has 0 aromatic carbocycles. The van der Waals surface area contributed by atoms with Gasteiger partial charge in [0.15, 0.2) is 6.29 Å². The lowest BCUT2D eigenvalue weighted by Crippen LogP contribution is -2.54. The number of carbonyl (C=O) groups is 1. The quantitative estimate of drug-likeness (QED) is 0.573. The molecule has 0 aromatic heterocycles. The van der Waals surface area contributed by atoms with E-state index in [1.54, 1.807) is 11.1 Å². The summed E-state index contributed by atoms with van der Waals surface area (Å²) < 4.78 is 0. The zero-order valence-electron chi connectivity index (χ0n) is 7.66. The van der Waals surface area contributed by atoms with Gasteiger partial charge in [-0.1, -0.05) is 13.8 Å². The molecule has 1 aliphatic heterocycles. The average Bonchev–Trinajstić information content (AvgIpc) is 1.96. The molecule has 0 radical (unpaired) electrons. The van der Waals surface area contributed by atoms with Gasteiger partial charge in [-0.05, 0) is 5.92 Å². The van der Waals surface area contributed by atoms with Crippen molar-refractivity contribution < 1.29 is 4.79 Å². The summed E-state index contributed by atoms with van der Waals surface area (Å²) in [5.74, 6) is 0.176. The molecule has 4 heteroatoms. The molecule has 1 unspecified atom stereocenters. The van der Waals surface area contributed by atoms with Crippen LogP contribution >= 0.6 is 0 Å². The Balaban J connectivity index is 2.86. The van der Waals surface area contributed by atoms with Crippen LogP contribution in [0, 0.1) is 5.92 Å². The monoisotopic (exact) mass is 169 g/mol. The third-order valence-corrected chi connectivity index (χ3v) is 1.94. The van der Waals surface area contributed by atoms with Crippen molar-refractivity contribution in [2.75, 3.05) is 7.05 Å². The predicted octanol–water partition coefficient (Wildman–Crippen LogP) is -0.170. The second-order valence-electron chi connectivity index (χ2n) is 3.32. The lowest BCUT2D eigenvalue weighted by molar-refractivity contribution is -0.120. The average molecular weight is 169 g/mol. The van der Waals surface area contributed by atoms with Gasteiger partial charge in [0.1, 0.15) is 0 Å². The molecule has 1 heterocycles. The van der Waals surface area contributed by atoms with Crippen molar-refractivity contribution in [2.24, 2.45) is 11.7 Å². The highest BCUT2D eigenvalue weighted by Gasteiger charge is 2.22. The number of amides is 1. The SMILES string of the molecule is CC(C)C1=CN(C)C(N)NC1=O. The van der Waals surface area contributed by atoms with Crippen molar-refractivity contribution in [3.8, 4) is 0 Å². The van der Waals surface area contributed by atoms with Crippen LogP contribution in [0.1, 0.15) is 13.8 Å². The third-order valence-electron chi connectivity index (χ3n) is 1.94. The molecule has 1 rings (SSSR count). The first-order chi connectivity index (χ1) is 5.52. The van der Waals surface area contributed by atoms with Crippen LogP contribution in [-0.4, -0.2) is 24.1 Å². The summed E-state index contributed by atoms with van der Waals surface area (Å²) in [5.41, 5.74) is 6.36. The second-order valence-corrected chi connectivity index (χ2v) is 3.32. The van der Waals surface area contributed by atoms with Gasteiger partial charge >= 0.3 is 0 Å². The molecular formula is C8H15N3O. The molecule has 4 nitrogen and oxygen atoms in total. The van der Waals surface area contributed by atoms with E-state index in [0.717, 1.165) is 5.57 Å². The molecule has 0 aliphatic carbocycles. The molecule has 12 heavy (non-hydrogen) atoms. The van der Waals surface area contributed by atoms with Gasteiger partial charge < -0.3 is 10.2 Å². The van der Waals surface area contributed by atoms with Crippen molar-refractivity contribution >= 4 is 5.91 Å². The van der Waals surface area contributed by atoms with Gasteiger partial charge in [0.2, 0.25) is 0 Å². The zero-order valence-corrected chi connectivity index (χ0v) is 7.66. The molecule has 0 saturated carbocycles. The van der Waals surface area contributed by atoms with Crippen molar-refractivity contribution in [3.63, 3.8) is 0 Å². The molecule has 0 fully saturated rings. The van der Waals surface area contributed by atoms with Crippen LogP contribution in [0.5, 0.6) is 0 Å². The Labute approximate surface area is 72.4 Å². The Bertz CT molecular complexity index is 222. The van der Waals surface area contributed by atoms with E-state index in [0.29, 0.717) is 0 Å². The molecular weight excluding hydrogens is 154 g/mol. The number of nitrogens with zero attached hydrogens (tertiary/aromatic N) is 1. The van der Waals surface area contributed by atoms with E-state index in [9.17, 15) is 4.79 Å². The van der Waals surface area contributed by atoms with Crippen molar-refractivity contribution in [1.82, 2.24) is 10.2 Å². The summed E-state index contributed by atoms with van der Waals surface area (Å²) in [6.07, 6.45) is 1.41. The Morgan fingerprint density at radius 3 is 2.75 bits per heavy atom. The van der Waals surface area contributed by atoms with Crippen LogP contribution in [-0.2, 0) is 4.79 Å². The smallest absolute Gasteiger partial charge is 0.251 e. The van der Waals surface area contributed by atoms with E-state index in [1.165, 1.54) is 0 Å². The van der Waals surface area contributed by atoms with Crippen LogP contribution in [0.2, 0.25) is 0 Å². The Morgan fingerprint density at radius 2 is 2.25 bits per heavy atom. The molecule has 68 valence electrons. The van der Waals surface area contributed by atoms with E-state index in [-0.39, 0.29) is 18.1 Å². The Kier molecular flexibility index (Phi) is 2.38. The summed E-state index contributed by atoms with van der Waals surface area (Å²) in [7, 11) is 1.84. The van der Waals surface area contributed by atoms with Crippen LogP contribution in [0.15, 0.2) is 11.8 Å². The minimum absolute atomic E-state index is 0.0596. The third kappa shape index (κ3) is 1.58. The zero-order chi connectivity index (χ0) is 9.30. The summed E-state index contributed by atoms with van der Waals surface area (Å²) in [6, 6.07) is 0. The molecule has 0 bridgehead atoms. The fraction of sp³-hybridized carbons (Fsp3) is 0.625. The second kappa shape index (κ2) is 3.15. The molecule has 1 aliphatic rings. The molecule has 0 spiro atoms. The van der Waals surface area contributed by atoms with E-state index in [1.807, 2.05) is 20.9 Å². The number of hydrogen-bond donors (Lipinski definition) is 2. The number of carbonyl (C=O) groups excluding carboxylic acids is 1. The summed E-state index contributed by atoms with van der Waals surface area (Å²) >= 11 is 0. The molecule has 0 saturated heterocycles. The van der Waals surface area contributed by atoms with Crippen LogP contribution < -0.4 is 11.1 Å². The topological polar surface area (TPSA) is 58.4 Å². The lowest BCUT2D eigenvalue weighted by atomic mass is 10.0. The highest BCUT2D eigenvalue weighted by molar-refractivity contribution is 5.94. The standard InChI is InChI=1S/C8H15N3O/c1-5(2)6-4-11(3)8(9)10-7(6)12/h4-5,8H,9H2,1-3H3,(H,10,12). The molecule has 1 atom stereocenters.